The third kappa shape index (κ3) is 6.74. The Morgan fingerprint density at radius 3 is 2.27 bits per heavy atom. The van der Waals surface area contributed by atoms with E-state index in [0.717, 1.165) is 67.7 Å². The minimum atomic E-state index is 0.0771. The van der Waals surface area contributed by atoms with Gasteiger partial charge in [0.25, 0.3) is 5.91 Å². The Morgan fingerprint density at radius 1 is 0.865 bits per heavy atom. The molecule has 0 saturated carbocycles. The number of rotatable bonds is 4. The van der Waals surface area contributed by atoms with Crippen molar-refractivity contribution < 1.29 is 9.59 Å². The highest BCUT2D eigenvalue weighted by atomic mass is 16.2. The lowest BCUT2D eigenvalue weighted by Gasteiger charge is -2.31. The standard InChI is InChI=1S/C32H45N3O2/c1-24(2)21-31(36)34-20-11-7-5-6-10-19-33(23-28-13-8-9-16-30(28)34)32(37)27-14-12-15-29(22-27)35-25(3)17-18-26(35)4/h8-9,12-16,22,24-26H,5-7,10-11,17-21,23H2,1-4H3. The van der Waals surface area contributed by atoms with Gasteiger partial charge in [0.2, 0.25) is 5.91 Å². The summed E-state index contributed by atoms with van der Waals surface area (Å²) in [6, 6.07) is 17.4. The van der Waals surface area contributed by atoms with Crippen LogP contribution in [0.3, 0.4) is 0 Å². The van der Waals surface area contributed by atoms with Crippen LogP contribution in [0.2, 0.25) is 0 Å². The van der Waals surface area contributed by atoms with Crippen LogP contribution in [0.4, 0.5) is 11.4 Å². The first-order chi connectivity index (χ1) is 17.8. The molecule has 0 radical (unpaired) electrons. The lowest BCUT2D eigenvalue weighted by molar-refractivity contribution is -0.119. The number of carbonyl (C=O) groups excluding carboxylic acids is 2. The smallest absolute Gasteiger partial charge is 0.254 e. The van der Waals surface area contributed by atoms with Crippen molar-refractivity contribution in [1.82, 2.24) is 4.90 Å². The molecule has 0 spiro atoms. The van der Waals surface area contributed by atoms with Gasteiger partial charge in [0.1, 0.15) is 0 Å². The fourth-order valence-corrected chi connectivity index (χ4v) is 5.99. The molecule has 1 saturated heterocycles. The first kappa shape index (κ1) is 27.2. The molecule has 37 heavy (non-hydrogen) atoms. The van der Waals surface area contributed by atoms with Gasteiger partial charge in [-0.25, -0.2) is 0 Å². The predicted molar refractivity (Wildman–Crippen MR) is 153 cm³/mol. The molecule has 2 atom stereocenters. The number of carbonyl (C=O) groups is 2. The first-order valence-corrected chi connectivity index (χ1v) is 14.4. The average molecular weight is 504 g/mol. The van der Waals surface area contributed by atoms with E-state index in [2.05, 4.69) is 56.9 Å². The van der Waals surface area contributed by atoms with E-state index in [0.29, 0.717) is 31.0 Å². The minimum Gasteiger partial charge on any atom is -0.366 e. The lowest BCUT2D eigenvalue weighted by Crippen LogP contribution is -2.36. The molecule has 0 N–H and O–H groups in total. The predicted octanol–water partition coefficient (Wildman–Crippen LogP) is 7.05. The number of benzene rings is 2. The lowest BCUT2D eigenvalue weighted by atomic mass is 10.0. The summed E-state index contributed by atoms with van der Waals surface area (Å²) in [5.41, 5.74) is 3.90. The Hall–Kier alpha value is -2.82. The highest BCUT2D eigenvalue weighted by molar-refractivity contribution is 5.96. The zero-order valence-electron chi connectivity index (χ0n) is 23.3. The van der Waals surface area contributed by atoms with Crippen LogP contribution < -0.4 is 9.80 Å². The summed E-state index contributed by atoms with van der Waals surface area (Å²) < 4.78 is 0. The third-order valence-corrected chi connectivity index (χ3v) is 7.97. The maximum absolute atomic E-state index is 13.9. The SMILES string of the molecule is CC(C)CC(=O)N1CCCCCCCN(C(=O)c2cccc(N3C(C)CCC3C)c2)Cc2ccccc21. The van der Waals surface area contributed by atoms with Gasteiger partial charge < -0.3 is 14.7 Å². The Balaban J connectivity index is 1.63. The van der Waals surface area contributed by atoms with Gasteiger partial charge in [0, 0.05) is 55.1 Å². The zero-order valence-corrected chi connectivity index (χ0v) is 23.3. The zero-order chi connectivity index (χ0) is 26.4. The molecule has 0 bridgehead atoms. The third-order valence-electron chi connectivity index (χ3n) is 7.97. The molecular weight excluding hydrogens is 458 g/mol. The van der Waals surface area contributed by atoms with Crippen molar-refractivity contribution in [3.8, 4) is 0 Å². The van der Waals surface area contributed by atoms with Crippen LogP contribution in [0.15, 0.2) is 48.5 Å². The van der Waals surface area contributed by atoms with Crippen LogP contribution in [0.25, 0.3) is 0 Å². The largest absolute Gasteiger partial charge is 0.366 e. The van der Waals surface area contributed by atoms with E-state index in [1.54, 1.807) is 0 Å². The number of fused-ring (bicyclic) bond motifs is 1. The number of amides is 2. The van der Waals surface area contributed by atoms with E-state index < -0.39 is 0 Å². The summed E-state index contributed by atoms with van der Waals surface area (Å²) in [7, 11) is 0. The molecule has 2 aromatic rings. The van der Waals surface area contributed by atoms with Crippen LogP contribution >= 0.6 is 0 Å². The number of nitrogens with zero attached hydrogens (tertiary/aromatic N) is 3. The molecule has 2 unspecified atom stereocenters. The van der Waals surface area contributed by atoms with E-state index in [4.69, 9.17) is 0 Å². The summed E-state index contributed by atoms with van der Waals surface area (Å²) in [5.74, 6) is 0.569. The summed E-state index contributed by atoms with van der Waals surface area (Å²) in [6.45, 7) is 10.7. The van der Waals surface area contributed by atoms with Crippen LogP contribution in [0.5, 0.6) is 0 Å². The maximum atomic E-state index is 13.9. The second-order valence-corrected chi connectivity index (χ2v) is 11.5. The van der Waals surface area contributed by atoms with Gasteiger partial charge in [-0.15, -0.1) is 0 Å². The monoisotopic (exact) mass is 503 g/mol. The topological polar surface area (TPSA) is 43.9 Å². The van der Waals surface area contributed by atoms with Crippen molar-refractivity contribution in [2.45, 2.75) is 97.7 Å². The normalized spacial score (nSPS) is 21.4. The molecule has 0 aliphatic carbocycles. The molecule has 2 amide bonds. The number of hydrogen-bond donors (Lipinski definition) is 0. The molecule has 2 aliphatic rings. The molecule has 2 heterocycles. The van der Waals surface area contributed by atoms with Gasteiger partial charge in [-0.2, -0.15) is 0 Å². The summed E-state index contributed by atoms with van der Waals surface area (Å²) in [4.78, 5) is 33.7. The number of anilines is 2. The van der Waals surface area contributed by atoms with Gasteiger partial charge in [-0.1, -0.05) is 57.4 Å². The van der Waals surface area contributed by atoms with Gasteiger partial charge >= 0.3 is 0 Å². The molecule has 0 aromatic heterocycles. The van der Waals surface area contributed by atoms with E-state index in [-0.39, 0.29) is 11.8 Å². The van der Waals surface area contributed by atoms with Gasteiger partial charge in [-0.05, 0) is 75.3 Å². The molecule has 5 nitrogen and oxygen atoms in total. The van der Waals surface area contributed by atoms with Crippen molar-refractivity contribution in [3.05, 3.63) is 59.7 Å². The fourth-order valence-electron chi connectivity index (χ4n) is 5.99. The van der Waals surface area contributed by atoms with Crippen molar-refractivity contribution in [1.29, 1.82) is 0 Å². The maximum Gasteiger partial charge on any atom is 0.254 e. The summed E-state index contributed by atoms with van der Waals surface area (Å²) >= 11 is 0. The van der Waals surface area contributed by atoms with Crippen molar-refractivity contribution in [3.63, 3.8) is 0 Å². The van der Waals surface area contributed by atoms with Gasteiger partial charge in [-0.3, -0.25) is 9.59 Å². The molecular formula is C32H45N3O2. The van der Waals surface area contributed by atoms with Crippen molar-refractivity contribution in [2.75, 3.05) is 22.9 Å². The Kier molecular flexibility index (Phi) is 9.28. The molecule has 1 fully saturated rings. The second kappa shape index (κ2) is 12.6. The second-order valence-electron chi connectivity index (χ2n) is 11.5. The van der Waals surface area contributed by atoms with Gasteiger partial charge in [0.05, 0.1) is 0 Å². The molecule has 200 valence electrons. The fraction of sp³-hybridized carbons (Fsp3) is 0.562. The molecule has 5 heteroatoms. The number of hydrogen-bond acceptors (Lipinski definition) is 3. The van der Waals surface area contributed by atoms with Crippen LogP contribution in [0, 0.1) is 5.92 Å². The Bertz CT molecular complexity index is 1060. The average Bonchev–Trinajstić information content (AvgIpc) is 3.21. The van der Waals surface area contributed by atoms with Gasteiger partial charge in [0.15, 0.2) is 0 Å². The van der Waals surface area contributed by atoms with E-state index in [9.17, 15) is 9.59 Å². The van der Waals surface area contributed by atoms with E-state index in [1.807, 2.05) is 34.1 Å². The highest BCUT2D eigenvalue weighted by Crippen LogP contribution is 2.31. The van der Waals surface area contributed by atoms with Crippen molar-refractivity contribution in [2.24, 2.45) is 5.92 Å². The summed E-state index contributed by atoms with van der Waals surface area (Å²) in [6.07, 6.45) is 8.28. The van der Waals surface area contributed by atoms with E-state index in [1.165, 1.54) is 12.8 Å². The molecule has 2 aromatic carbocycles. The van der Waals surface area contributed by atoms with E-state index >= 15 is 0 Å². The van der Waals surface area contributed by atoms with Crippen LogP contribution in [-0.4, -0.2) is 41.9 Å². The Labute approximate surface area is 223 Å². The minimum absolute atomic E-state index is 0.0771. The molecule has 4 rings (SSSR count). The van der Waals surface area contributed by atoms with Crippen LogP contribution in [-0.2, 0) is 11.3 Å². The molecule has 2 aliphatic heterocycles. The number of para-hydroxylation sites is 1. The quantitative estimate of drug-likeness (QED) is 0.449. The highest BCUT2D eigenvalue weighted by Gasteiger charge is 2.28. The van der Waals surface area contributed by atoms with Crippen LogP contribution in [0.1, 0.15) is 95.0 Å². The summed E-state index contributed by atoms with van der Waals surface area (Å²) in [5, 5.41) is 0. The van der Waals surface area contributed by atoms with Crippen molar-refractivity contribution >= 4 is 23.2 Å². The Morgan fingerprint density at radius 2 is 1.54 bits per heavy atom. The first-order valence-electron chi connectivity index (χ1n) is 14.4.